The molecule has 0 saturated carbocycles. The second-order valence-corrected chi connectivity index (χ2v) is 3.04. The van der Waals surface area contributed by atoms with E-state index in [4.69, 9.17) is 10.5 Å². The predicted octanol–water partition coefficient (Wildman–Crippen LogP) is 1.89. The molecule has 0 bridgehead atoms. The molecule has 1 aromatic carbocycles. The van der Waals surface area contributed by atoms with Crippen LogP contribution in [0.2, 0.25) is 0 Å². The normalized spacial score (nSPS) is 9.12. The van der Waals surface area contributed by atoms with Crippen LogP contribution in [0.1, 0.15) is 11.4 Å². The molecule has 0 atom stereocenters. The van der Waals surface area contributed by atoms with Crippen molar-refractivity contribution in [2.45, 2.75) is 0 Å². The van der Waals surface area contributed by atoms with Crippen molar-refractivity contribution < 1.29 is 0 Å². The summed E-state index contributed by atoms with van der Waals surface area (Å²) in [5.74, 6) is 0. The van der Waals surface area contributed by atoms with Gasteiger partial charge in [0.1, 0.15) is 12.1 Å². The molecule has 0 radical (unpaired) electrons. The fourth-order valence-corrected chi connectivity index (χ4v) is 1.30. The molecule has 1 aromatic heterocycles. The van der Waals surface area contributed by atoms with Gasteiger partial charge < -0.3 is 0 Å². The van der Waals surface area contributed by atoms with E-state index in [1.807, 2.05) is 42.5 Å². The van der Waals surface area contributed by atoms with E-state index in [2.05, 4.69) is 9.97 Å². The maximum Gasteiger partial charge on any atom is 0.177 e. The molecule has 74 valence electrons. The van der Waals surface area contributed by atoms with E-state index in [0.717, 1.165) is 5.56 Å². The van der Waals surface area contributed by atoms with Crippen LogP contribution in [-0.2, 0) is 0 Å². The second-order valence-electron chi connectivity index (χ2n) is 3.04. The molecule has 0 aliphatic heterocycles. The molecule has 0 unspecified atom stereocenters. The van der Waals surface area contributed by atoms with Gasteiger partial charge in [-0.25, -0.2) is 9.97 Å². The van der Waals surface area contributed by atoms with E-state index in [9.17, 15) is 0 Å². The van der Waals surface area contributed by atoms with Gasteiger partial charge in [0, 0.05) is 5.56 Å². The zero-order valence-electron chi connectivity index (χ0n) is 8.25. The van der Waals surface area contributed by atoms with Crippen molar-refractivity contribution in [1.82, 2.24) is 9.97 Å². The lowest BCUT2D eigenvalue weighted by Gasteiger charge is -2.00. The molecule has 0 N–H and O–H groups in total. The van der Waals surface area contributed by atoms with Crippen LogP contribution in [0.15, 0.2) is 36.5 Å². The van der Waals surface area contributed by atoms with E-state index in [1.54, 1.807) is 0 Å². The largest absolute Gasteiger partial charge is 0.240 e. The van der Waals surface area contributed by atoms with Crippen LogP contribution in [0.25, 0.3) is 11.3 Å². The highest BCUT2D eigenvalue weighted by molar-refractivity contribution is 5.59. The first-order valence-corrected chi connectivity index (χ1v) is 4.58. The summed E-state index contributed by atoms with van der Waals surface area (Å²) in [7, 11) is 0. The monoisotopic (exact) mass is 206 g/mol. The van der Waals surface area contributed by atoms with E-state index < -0.39 is 0 Å². The molecule has 0 aliphatic rings. The molecule has 16 heavy (non-hydrogen) atoms. The Hall–Kier alpha value is -2.72. The predicted molar refractivity (Wildman–Crippen MR) is 56.9 cm³/mol. The number of nitriles is 2. The first kappa shape index (κ1) is 9.82. The van der Waals surface area contributed by atoms with Gasteiger partial charge in [-0.3, -0.25) is 0 Å². The lowest BCUT2D eigenvalue weighted by Crippen LogP contribution is -1.95. The van der Waals surface area contributed by atoms with Crippen LogP contribution in [0, 0.1) is 22.7 Å². The van der Waals surface area contributed by atoms with Crippen molar-refractivity contribution in [2.24, 2.45) is 0 Å². The number of nitrogens with zero attached hydrogens (tertiary/aromatic N) is 4. The third-order valence-corrected chi connectivity index (χ3v) is 2.05. The Kier molecular flexibility index (Phi) is 2.58. The Balaban J connectivity index is 2.55. The van der Waals surface area contributed by atoms with Crippen LogP contribution in [0.3, 0.4) is 0 Å². The summed E-state index contributed by atoms with van der Waals surface area (Å²) in [4.78, 5) is 7.98. The van der Waals surface area contributed by atoms with Gasteiger partial charge in [-0.05, 0) is 0 Å². The number of benzene rings is 1. The molecule has 0 spiro atoms. The topological polar surface area (TPSA) is 73.4 Å². The molecular weight excluding hydrogens is 200 g/mol. The summed E-state index contributed by atoms with van der Waals surface area (Å²) >= 11 is 0. The van der Waals surface area contributed by atoms with Crippen LogP contribution in [0.5, 0.6) is 0 Å². The first-order chi connectivity index (χ1) is 7.85. The van der Waals surface area contributed by atoms with E-state index in [-0.39, 0.29) is 11.4 Å². The molecule has 2 rings (SSSR count). The van der Waals surface area contributed by atoms with Gasteiger partial charge in [-0.2, -0.15) is 10.5 Å². The number of rotatable bonds is 1. The van der Waals surface area contributed by atoms with Crippen molar-refractivity contribution in [2.75, 3.05) is 0 Å². The van der Waals surface area contributed by atoms with Crippen molar-refractivity contribution in [3.63, 3.8) is 0 Å². The van der Waals surface area contributed by atoms with Crippen molar-refractivity contribution in [3.8, 4) is 23.4 Å². The smallest absolute Gasteiger partial charge is 0.177 e. The van der Waals surface area contributed by atoms with Gasteiger partial charge in [0.2, 0.25) is 0 Å². The Bertz CT molecular complexity index is 591. The van der Waals surface area contributed by atoms with Gasteiger partial charge in [-0.1, -0.05) is 30.3 Å². The van der Waals surface area contributed by atoms with Gasteiger partial charge in [0.15, 0.2) is 11.4 Å². The first-order valence-electron chi connectivity index (χ1n) is 4.58. The summed E-state index contributed by atoms with van der Waals surface area (Å²) in [6.07, 6.45) is 1.49. The Morgan fingerprint density at radius 3 is 2.25 bits per heavy atom. The van der Waals surface area contributed by atoms with Gasteiger partial charge in [0.25, 0.3) is 0 Å². The fraction of sp³-hybridized carbons (Fsp3) is 0. The number of hydrogen-bond donors (Lipinski definition) is 0. The zero-order chi connectivity index (χ0) is 11.4. The van der Waals surface area contributed by atoms with Crippen molar-refractivity contribution in [1.29, 1.82) is 10.5 Å². The third kappa shape index (κ3) is 1.73. The molecule has 4 heteroatoms. The Morgan fingerprint density at radius 2 is 1.62 bits per heavy atom. The van der Waals surface area contributed by atoms with Gasteiger partial charge in [-0.15, -0.1) is 0 Å². The summed E-state index contributed by atoms with van der Waals surface area (Å²) < 4.78 is 0. The van der Waals surface area contributed by atoms with E-state index in [0.29, 0.717) is 5.69 Å². The number of hydrogen-bond acceptors (Lipinski definition) is 4. The average molecular weight is 206 g/mol. The van der Waals surface area contributed by atoms with Crippen LogP contribution in [0.4, 0.5) is 0 Å². The van der Waals surface area contributed by atoms with Crippen LogP contribution in [-0.4, -0.2) is 9.97 Å². The lowest BCUT2D eigenvalue weighted by atomic mass is 10.1. The zero-order valence-corrected chi connectivity index (χ0v) is 8.25. The minimum absolute atomic E-state index is 0.0576. The Labute approximate surface area is 92.4 Å². The molecule has 0 fully saturated rings. The molecular formula is C12H6N4. The van der Waals surface area contributed by atoms with E-state index in [1.165, 1.54) is 6.20 Å². The maximum atomic E-state index is 8.82. The lowest BCUT2D eigenvalue weighted by molar-refractivity contribution is 1.13. The molecule has 1 heterocycles. The minimum atomic E-state index is 0.0576. The Morgan fingerprint density at radius 1 is 0.938 bits per heavy atom. The summed E-state index contributed by atoms with van der Waals surface area (Å²) in [6.45, 7) is 0. The highest BCUT2D eigenvalue weighted by atomic mass is 14.8. The summed E-state index contributed by atoms with van der Waals surface area (Å²) in [5, 5.41) is 17.5. The third-order valence-electron chi connectivity index (χ3n) is 2.05. The fourth-order valence-electron chi connectivity index (χ4n) is 1.30. The summed E-state index contributed by atoms with van der Waals surface area (Å²) in [5.41, 5.74) is 1.58. The highest BCUT2D eigenvalue weighted by Crippen LogP contribution is 2.16. The maximum absolute atomic E-state index is 8.82. The molecule has 0 aliphatic carbocycles. The molecule has 0 saturated heterocycles. The van der Waals surface area contributed by atoms with Crippen LogP contribution >= 0.6 is 0 Å². The quantitative estimate of drug-likeness (QED) is 0.714. The van der Waals surface area contributed by atoms with Crippen LogP contribution < -0.4 is 0 Å². The summed E-state index contributed by atoms with van der Waals surface area (Å²) in [6, 6.07) is 13.1. The van der Waals surface area contributed by atoms with Gasteiger partial charge >= 0.3 is 0 Å². The van der Waals surface area contributed by atoms with E-state index >= 15 is 0 Å². The standard InChI is InChI=1S/C12H6N4/c13-6-10-11(7-14)16-12(8-15-10)9-4-2-1-3-5-9/h1-5,8H. The molecule has 4 nitrogen and oxygen atoms in total. The average Bonchev–Trinajstić information content (AvgIpc) is 2.39. The molecule has 2 aromatic rings. The second kappa shape index (κ2) is 4.20. The highest BCUT2D eigenvalue weighted by Gasteiger charge is 2.07. The minimum Gasteiger partial charge on any atom is -0.240 e. The number of aromatic nitrogens is 2. The van der Waals surface area contributed by atoms with Crippen molar-refractivity contribution >= 4 is 0 Å². The molecule has 0 amide bonds. The van der Waals surface area contributed by atoms with Gasteiger partial charge in [0.05, 0.1) is 11.9 Å². The van der Waals surface area contributed by atoms with Crippen molar-refractivity contribution in [3.05, 3.63) is 47.9 Å². The SMILES string of the molecule is N#Cc1ncc(-c2ccccc2)nc1C#N.